The number of amides is 1. The predicted octanol–water partition coefficient (Wildman–Crippen LogP) is 4.96. The van der Waals surface area contributed by atoms with Crippen molar-refractivity contribution in [1.82, 2.24) is 19.9 Å². The molecule has 10 heteroatoms. The Kier molecular flexibility index (Phi) is 7.25. The number of nitrogens with zero attached hydrogens (tertiary/aromatic N) is 3. The van der Waals surface area contributed by atoms with Gasteiger partial charge in [0.1, 0.15) is 17.8 Å². The molecule has 0 saturated heterocycles. The number of carbonyl (C=O) groups excluding carboxylic acids is 1. The highest BCUT2D eigenvalue weighted by molar-refractivity contribution is 7.90. The average Bonchev–Trinajstić information content (AvgIpc) is 3.34. The summed E-state index contributed by atoms with van der Waals surface area (Å²) in [5.41, 5.74) is 4.47. The van der Waals surface area contributed by atoms with Gasteiger partial charge in [-0.05, 0) is 70.8 Å². The average molecular weight is 530 g/mol. The minimum Gasteiger partial charge on any atom is -0.612 e. The molecule has 0 bridgehead atoms. The molecule has 38 heavy (non-hydrogen) atoms. The van der Waals surface area contributed by atoms with Gasteiger partial charge in [-0.3, -0.25) is 4.79 Å². The van der Waals surface area contributed by atoms with Crippen LogP contribution in [0.25, 0.3) is 16.8 Å². The summed E-state index contributed by atoms with van der Waals surface area (Å²) in [6.45, 7) is 0.314. The third-order valence-electron chi connectivity index (χ3n) is 5.93. The minimum atomic E-state index is -1.12. The first kappa shape index (κ1) is 25.2. The number of hydrogen-bond acceptors (Lipinski definition) is 6. The first-order chi connectivity index (χ1) is 18.4. The number of ether oxygens (including phenoxy) is 1. The van der Waals surface area contributed by atoms with Gasteiger partial charge in [0, 0.05) is 29.9 Å². The number of nitrogens with one attached hydrogen (secondary N) is 2. The Morgan fingerprint density at radius 2 is 1.76 bits per heavy atom. The summed E-state index contributed by atoms with van der Waals surface area (Å²) >= 11 is -1.12. The van der Waals surface area contributed by atoms with Crippen molar-refractivity contribution in [2.24, 2.45) is 0 Å². The van der Waals surface area contributed by atoms with E-state index in [0.29, 0.717) is 40.0 Å². The molecular formula is C28H24FN5O3S. The van der Waals surface area contributed by atoms with Crippen LogP contribution in [0, 0.1) is 5.82 Å². The molecule has 0 spiro atoms. The SMILES string of the molecule is COc1cc([S@@+](C)[O-])ccc1Nc1nc2ccc(-c3ccc(C(=O)NCc4ccc(F)cc4)cc3)cn2n1. The smallest absolute Gasteiger partial charge is 0.251 e. The summed E-state index contributed by atoms with van der Waals surface area (Å²) in [4.78, 5) is 17.7. The highest BCUT2D eigenvalue weighted by Crippen LogP contribution is 2.30. The number of fused-ring (bicyclic) bond motifs is 1. The Balaban J connectivity index is 1.29. The van der Waals surface area contributed by atoms with Crippen LogP contribution >= 0.6 is 0 Å². The second-order valence-corrected chi connectivity index (χ2v) is 9.86. The Labute approximate surface area is 221 Å². The number of anilines is 2. The fourth-order valence-corrected chi connectivity index (χ4v) is 4.41. The second kappa shape index (κ2) is 10.9. The number of benzene rings is 3. The van der Waals surface area contributed by atoms with Gasteiger partial charge in [0.25, 0.3) is 5.91 Å². The Hall–Kier alpha value is -4.41. The summed E-state index contributed by atoms with van der Waals surface area (Å²) < 4.78 is 31.9. The molecule has 5 rings (SSSR count). The fraction of sp³-hybridized carbons (Fsp3) is 0.107. The summed E-state index contributed by atoms with van der Waals surface area (Å²) in [7, 11) is 1.55. The van der Waals surface area contributed by atoms with Crippen LogP contribution in [0.2, 0.25) is 0 Å². The molecule has 2 aromatic heterocycles. The molecular weight excluding hydrogens is 505 g/mol. The van der Waals surface area contributed by atoms with Crippen molar-refractivity contribution in [2.75, 3.05) is 18.7 Å². The molecule has 0 aliphatic heterocycles. The number of halogens is 1. The lowest BCUT2D eigenvalue weighted by molar-refractivity contribution is 0.0951. The van der Waals surface area contributed by atoms with Gasteiger partial charge in [-0.1, -0.05) is 24.3 Å². The topological polar surface area (TPSA) is 104 Å². The Morgan fingerprint density at radius 1 is 1.03 bits per heavy atom. The van der Waals surface area contributed by atoms with Crippen LogP contribution in [0.5, 0.6) is 5.75 Å². The number of pyridine rings is 1. The van der Waals surface area contributed by atoms with Gasteiger partial charge in [-0.15, -0.1) is 5.10 Å². The molecule has 0 aliphatic rings. The third kappa shape index (κ3) is 5.61. The Morgan fingerprint density at radius 3 is 2.47 bits per heavy atom. The first-order valence-electron chi connectivity index (χ1n) is 11.7. The van der Waals surface area contributed by atoms with Crippen LogP contribution in [0.15, 0.2) is 90.0 Å². The normalized spacial score (nSPS) is 11.8. The molecule has 0 radical (unpaired) electrons. The maximum absolute atomic E-state index is 13.1. The lowest BCUT2D eigenvalue weighted by Gasteiger charge is -2.11. The van der Waals surface area contributed by atoms with Crippen molar-refractivity contribution in [2.45, 2.75) is 11.4 Å². The molecule has 2 heterocycles. The third-order valence-corrected chi connectivity index (χ3v) is 6.85. The first-order valence-corrected chi connectivity index (χ1v) is 13.2. The van der Waals surface area contributed by atoms with Crippen molar-refractivity contribution in [3.05, 3.63) is 102 Å². The molecule has 5 aromatic rings. The van der Waals surface area contributed by atoms with E-state index in [1.54, 1.807) is 60.3 Å². The molecule has 0 unspecified atom stereocenters. The zero-order valence-corrected chi connectivity index (χ0v) is 21.5. The van der Waals surface area contributed by atoms with Gasteiger partial charge in [0.15, 0.2) is 10.5 Å². The van der Waals surface area contributed by atoms with E-state index in [0.717, 1.165) is 16.7 Å². The van der Waals surface area contributed by atoms with E-state index in [-0.39, 0.29) is 11.7 Å². The standard InChI is InChI=1S/C28H24FN5O3S/c1-37-25-15-23(38(2)36)12-13-24(25)31-28-32-26-14-9-21(17-34(26)33-28)19-5-7-20(8-6-19)27(35)30-16-18-3-10-22(29)11-4-18/h3-15,17H,16H2,1-2H3,(H,30,35)(H,31,33)/t38-/m1/s1. The van der Waals surface area contributed by atoms with E-state index < -0.39 is 11.2 Å². The van der Waals surface area contributed by atoms with Crippen LogP contribution in [-0.2, 0) is 17.7 Å². The quantitative estimate of drug-likeness (QED) is 0.276. The van der Waals surface area contributed by atoms with E-state index in [9.17, 15) is 13.7 Å². The molecule has 8 nitrogen and oxygen atoms in total. The summed E-state index contributed by atoms with van der Waals surface area (Å²) in [6, 6.07) is 22.3. The van der Waals surface area contributed by atoms with Crippen LogP contribution in [0.3, 0.4) is 0 Å². The fourth-order valence-electron chi connectivity index (χ4n) is 3.88. The summed E-state index contributed by atoms with van der Waals surface area (Å²) in [5.74, 6) is 0.406. The van der Waals surface area contributed by atoms with Crippen molar-refractivity contribution >= 4 is 34.4 Å². The maximum Gasteiger partial charge on any atom is 0.251 e. The zero-order valence-electron chi connectivity index (χ0n) is 20.6. The molecule has 1 atom stereocenters. The van der Waals surface area contributed by atoms with Gasteiger partial charge >= 0.3 is 0 Å². The monoisotopic (exact) mass is 529 g/mol. The van der Waals surface area contributed by atoms with Gasteiger partial charge in [-0.2, -0.15) is 4.98 Å². The minimum absolute atomic E-state index is 0.211. The molecule has 2 N–H and O–H groups in total. The van der Waals surface area contributed by atoms with Gasteiger partial charge < -0.3 is 19.9 Å². The van der Waals surface area contributed by atoms with Crippen molar-refractivity contribution in [1.29, 1.82) is 0 Å². The van der Waals surface area contributed by atoms with Crippen molar-refractivity contribution in [3.63, 3.8) is 0 Å². The maximum atomic E-state index is 13.1. The molecule has 0 saturated carbocycles. The van der Waals surface area contributed by atoms with Gasteiger partial charge in [-0.25, -0.2) is 8.91 Å². The van der Waals surface area contributed by atoms with Crippen LogP contribution in [0.1, 0.15) is 15.9 Å². The van der Waals surface area contributed by atoms with E-state index in [1.807, 2.05) is 30.5 Å². The van der Waals surface area contributed by atoms with Crippen molar-refractivity contribution < 1.29 is 18.5 Å². The number of aromatic nitrogens is 3. The lowest BCUT2D eigenvalue weighted by atomic mass is 10.1. The van der Waals surface area contributed by atoms with E-state index in [2.05, 4.69) is 20.7 Å². The predicted molar refractivity (Wildman–Crippen MR) is 145 cm³/mol. The lowest BCUT2D eigenvalue weighted by Crippen LogP contribution is -2.22. The molecule has 3 aromatic carbocycles. The highest BCUT2D eigenvalue weighted by Gasteiger charge is 2.13. The van der Waals surface area contributed by atoms with Crippen molar-refractivity contribution in [3.8, 4) is 16.9 Å². The van der Waals surface area contributed by atoms with Gasteiger partial charge in [0.2, 0.25) is 5.95 Å². The molecule has 0 aliphatic carbocycles. The largest absolute Gasteiger partial charge is 0.612 e. The number of carbonyl (C=O) groups is 1. The van der Waals surface area contributed by atoms with E-state index in [1.165, 1.54) is 12.1 Å². The summed E-state index contributed by atoms with van der Waals surface area (Å²) in [5, 5.41) is 10.5. The van der Waals surface area contributed by atoms with Gasteiger partial charge in [0.05, 0.1) is 12.8 Å². The molecule has 1 amide bonds. The van der Waals surface area contributed by atoms with Crippen LogP contribution in [-0.4, -0.2) is 38.4 Å². The van der Waals surface area contributed by atoms with Crippen LogP contribution < -0.4 is 15.4 Å². The number of rotatable bonds is 8. The highest BCUT2D eigenvalue weighted by atomic mass is 32.2. The number of hydrogen-bond donors (Lipinski definition) is 2. The van der Waals surface area contributed by atoms with E-state index in [4.69, 9.17) is 4.74 Å². The molecule has 192 valence electrons. The number of methoxy groups -OCH3 is 1. The summed E-state index contributed by atoms with van der Waals surface area (Å²) in [6.07, 6.45) is 3.47. The second-order valence-electron chi connectivity index (χ2n) is 8.48. The van der Waals surface area contributed by atoms with E-state index >= 15 is 0 Å². The molecule has 0 fully saturated rings. The zero-order chi connectivity index (χ0) is 26.6. The van der Waals surface area contributed by atoms with Crippen LogP contribution in [0.4, 0.5) is 16.0 Å². The Bertz CT molecular complexity index is 1590.